The molecule has 0 aromatic carbocycles. The number of nitrogens with two attached hydrogens (primary N) is 1. The summed E-state index contributed by atoms with van der Waals surface area (Å²) in [6.45, 7) is 4.58. The summed E-state index contributed by atoms with van der Waals surface area (Å²) in [6.07, 6.45) is 5.51. The minimum Gasteiger partial charge on any atom is -0.389 e. The van der Waals surface area contributed by atoms with Gasteiger partial charge >= 0.3 is 0 Å². The zero-order chi connectivity index (χ0) is 11.1. The third-order valence-corrected chi connectivity index (χ3v) is 4.49. The molecule has 2 rings (SSSR count). The largest absolute Gasteiger partial charge is 0.389 e. The standard InChI is InChI=1S/C12H23NO2/c1-3-6-11(2,14)12(8-13)7-9-4-5-10(12)15-9/h9-10,14H,3-8,13H2,1-2H3. The third kappa shape index (κ3) is 1.52. The zero-order valence-corrected chi connectivity index (χ0v) is 9.83. The quantitative estimate of drug-likeness (QED) is 0.743. The second-order valence-electron chi connectivity index (χ2n) is 5.41. The molecule has 0 amide bonds. The molecule has 0 saturated carbocycles. The van der Waals surface area contributed by atoms with Gasteiger partial charge < -0.3 is 15.6 Å². The number of aliphatic hydroxyl groups is 1. The van der Waals surface area contributed by atoms with Gasteiger partial charge in [-0.3, -0.25) is 0 Å². The van der Waals surface area contributed by atoms with Gasteiger partial charge in [0.05, 0.1) is 17.8 Å². The van der Waals surface area contributed by atoms with Crippen LogP contribution in [0.2, 0.25) is 0 Å². The molecule has 4 unspecified atom stereocenters. The fourth-order valence-corrected chi connectivity index (χ4v) is 3.54. The topological polar surface area (TPSA) is 55.5 Å². The van der Waals surface area contributed by atoms with Crippen LogP contribution in [0.3, 0.4) is 0 Å². The summed E-state index contributed by atoms with van der Waals surface area (Å²) in [6, 6.07) is 0. The molecule has 88 valence electrons. The smallest absolute Gasteiger partial charge is 0.0713 e. The van der Waals surface area contributed by atoms with Crippen LogP contribution in [0.4, 0.5) is 0 Å². The van der Waals surface area contributed by atoms with E-state index >= 15 is 0 Å². The van der Waals surface area contributed by atoms with E-state index < -0.39 is 5.60 Å². The second-order valence-corrected chi connectivity index (χ2v) is 5.41. The van der Waals surface area contributed by atoms with E-state index in [0.29, 0.717) is 12.6 Å². The summed E-state index contributed by atoms with van der Waals surface area (Å²) in [4.78, 5) is 0. The van der Waals surface area contributed by atoms with E-state index in [2.05, 4.69) is 6.92 Å². The Bertz CT molecular complexity index is 242. The first-order valence-electron chi connectivity index (χ1n) is 6.13. The highest BCUT2D eigenvalue weighted by Gasteiger charge is 2.59. The normalized spacial score (nSPS) is 43.2. The third-order valence-electron chi connectivity index (χ3n) is 4.49. The van der Waals surface area contributed by atoms with Crippen molar-refractivity contribution < 1.29 is 9.84 Å². The summed E-state index contributed by atoms with van der Waals surface area (Å²) < 4.78 is 5.87. The number of fused-ring (bicyclic) bond motifs is 2. The van der Waals surface area contributed by atoms with Gasteiger partial charge in [-0.25, -0.2) is 0 Å². The lowest BCUT2D eigenvalue weighted by Crippen LogP contribution is -2.56. The van der Waals surface area contributed by atoms with Gasteiger partial charge in [-0.15, -0.1) is 0 Å². The fourth-order valence-electron chi connectivity index (χ4n) is 3.54. The second kappa shape index (κ2) is 3.72. The van der Waals surface area contributed by atoms with Crippen LogP contribution in [0, 0.1) is 5.41 Å². The highest BCUT2D eigenvalue weighted by molar-refractivity contribution is 5.09. The van der Waals surface area contributed by atoms with E-state index in [4.69, 9.17) is 10.5 Å². The predicted octanol–water partition coefficient (Wildman–Crippen LogP) is 1.43. The van der Waals surface area contributed by atoms with Gasteiger partial charge in [-0.05, 0) is 32.6 Å². The Morgan fingerprint density at radius 3 is 2.67 bits per heavy atom. The Hall–Kier alpha value is -0.120. The zero-order valence-electron chi connectivity index (χ0n) is 9.83. The van der Waals surface area contributed by atoms with Crippen molar-refractivity contribution in [2.75, 3.05) is 6.54 Å². The fraction of sp³-hybridized carbons (Fsp3) is 1.00. The first-order chi connectivity index (χ1) is 7.05. The molecule has 2 saturated heterocycles. The highest BCUT2D eigenvalue weighted by atomic mass is 16.5. The molecule has 2 aliphatic rings. The number of ether oxygens (including phenoxy) is 1. The van der Waals surface area contributed by atoms with Crippen molar-refractivity contribution in [3.63, 3.8) is 0 Å². The van der Waals surface area contributed by atoms with Crippen molar-refractivity contribution in [2.24, 2.45) is 11.1 Å². The molecule has 0 aliphatic carbocycles. The molecule has 4 atom stereocenters. The Morgan fingerprint density at radius 1 is 1.53 bits per heavy atom. The van der Waals surface area contributed by atoms with Crippen LogP contribution in [0.25, 0.3) is 0 Å². The van der Waals surface area contributed by atoms with Crippen LogP contribution in [-0.2, 0) is 4.74 Å². The van der Waals surface area contributed by atoms with Gasteiger partial charge in [0.1, 0.15) is 0 Å². The lowest BCUT2D eigenvalue weighted by Gasteiger charge is -2.46. The molecular weight excluding hydrogens is 190 g/mol. The molecule has 3 heteroatoms. The molecule has 2 heterocycles. The molecule has 3 N–H and O–H groups in total. The van der Waals surface area contributed by atoms with Crippen molar-refractivity contribution in [3.8, 4) is 0 Å². The Labute approximate surface area is 92.0 Å². The maximum absolute atomic E-state index is 10.6. The van der Waals surface area contributed by atoms with E-state index in [1.807, 2.05) is 6.92 Å². The van der Waals surface area contributed by atoms with Crippen molar-refractivity contribution in [3.05, 3.63) is 0 Å². The average molecular weight is 213 g/mol. The molecule has 0 aromatic heterocycles. The van der Waals surface area contributed by atoms with Gasteiger partial charge in [0.15, 0.2) is 0 Å². The minimum atomic E-state index is -0.670. The van der Waals surface area contributed by atoms with Crippen LogP contribution < -0.4 is 5.73 Å². The van der Waals surface area contributed by atoms with Crippen LogP contribution in [-0.4, -0.2) is 29.5 Å². The SMILES string of the molecule is CCCC(C)(O)C1(CN)CC2CCC1O2. The molecule has 0 spiro atoms. The summed E-state index contributed by atoms with van der Waals surface area (Å²) >= 11 is 0. The molecule has 15 heavy (non-hydrogen) atoms. The maximum atomic E-state index is 10.6. The van der Waals surface area contributed by atoms with Gasteiger partial charge in [0, 0.05) is 12.0 Å². The molecular formula is C12H23NO2. The number of hydrogen-bond acceptors (Lipinski definition) is 3. The molecule has 0 radical (unpaired) electrons. The Morgan fingerprint density at radius 2 is 2.27 bits per heavy atom. The van der Waals surface area contributed by atoms with E-state index in [1.54, 1.807) is 0 Å². The van der Waals surface area contributed by atoms with Crippen molar-refractivity contribution in [1.82, 2.24) is 0 Å². The van der Waals surface area contributed by atoms with E-state index in [9.17, 15) is 5.11 Å². The van der Waals surface area contributed by atoms with Gasteiger partial charge in [0.2, 0.25) is 0 Å². The maximum Gasteiger partial charge on any atom is 0.0713 e. The van der Waals surface area contributed by atoms with Crippen LogP contribution in [0.1, 0.15) is 46.0 Å². The first kappa shape index (κ1) is 11.4. The summed E-state index contributed by atoms with van der Waals surface area (Å²) in [5.74, 6) is 0. The van der Waals surface area contributed by atoms with Crippen molar-refractivity contribution in [1.29, 1.82) is 0 Å². The predicted molar refractivity (Wildman–Crippen MR) is 59.5 cm³/mol. The van der Waals surface area contributed by atoms with Crippen molar-refractivity contribution >= 4 is 0 Å². The van der Waals surface area contributed by atoms with Gasteiger partial charge in [-0.2, -0.15) is 0 Å². The average Bonchev–Trinajstić information content (AvgIpc) is 2.76. The summed E-state index contributed by atoms with van der Waals surface area (Å²) in [5.41, 5.74) is 5.07. The molecule has 3 nitrogen and oxygen atoms in total. The Balaban J connectivity index is 2.22. The molecule has 2 fully saturated rings. The van der Waals surface area contributed by atoms with Gasteiger partial charge in [0.25, 0.3) is 0 Å². The Kier molecular flexibility index (Phi) is 2.82. The van der Waals surface area contributed by atoms with Crippen LogP contribution in [0.5, 0.6) is 0 Å². The van der Waals surface area contributed by atoms with E-state index in [-0.39, 0.29) is 11.5 Å². The summed E-state index contributed by atoms with van der Waals surface area (Å²) in [7, 11) is 0. The monoisotopic (exact) mass is 213 g/mol. The summed E-state index contributed by atoms with van der Waals surface area (Å²) in [5, 5.41) is 10.6. The van der Waals surface area contributed by atoms with Crippen LogP contribution >= 0.6 is 0 Å². The first-order valence-corrected chi connectivity index (χ1v) is 6.13. The van der Waals surface area contributed by atoms with E-state index in [1.165, 1.54) is 0 Å². The number of rotatable bonds is 4. The van der Waals surface area contributed by atoms with E-state index in [0.717, 1.165) is 32.1 Å². The molecule has 2 bridgehead atoms. The highest BCUT2D eigenvalue weighted by Crippen LogP contribution is 2.54. The molecule has 2 aliphatic heterocycles. The lowest BCUT2D eigenvalue weighted by atomic mass is 9.62. The minimum absolute atomic E-state index is 0.189. The van der Waals surface area contributed by atoms with Gasteiger partial charge in [-0.1, -0.05) is 13.3 Å². The molecule has 0 aromatic rings. The number of hydrogen-bond donors (Lipinski definition) is 2. The van der Waals surface area contributed by atoms with Crippen molar-refractivity contribution in [2.45, 2.75) is 63.8 Å². The lowest BCUT2D eigenvalue weighted by molar-refractivity contribution is -0.104. The van der Waals surface area contributed by atoms with Crippen LogP contribution in [0.15, 0.2) is 0 Å².